The summed E-state index contributed by atoms with van der Waals surface area (Å²) in [6, 6.07) is 16.3. The molecule has 0 saturated carbocycles. The molecule has 0 saturated heterocycles. The highest BCUT2D eigenvalue weighted by atomic mass is 16.5. The largest absolute Gasteiger partial charge is 0.492 e. The fourth-order valence-electron chi connectivity index (χ4n) is 3.03. The van der Waals surface area contributed by atoms with Crippen LogP contribution in [0.15, 0.2) is 48.5 Å². The van der Waals surface area contributed by atoms with E-state index in [0.29, 0.717) is 32.0 Å². The second-order valence-electron chi connectivity index (χ2n) is 6.39. The molecule has 0 aliphatic rings. The Balaban J connectivity index is 1.68. The molecule has 1 heterocycles. The van der Waals surface area contributed by atoms with E-state index >= 15 is 0 Å². The highest BCUT2D eigenvalue weighted by Crippen LogP contribution is 2.22. The molecule has 1 N–H and O–H groups in total. The number of nitrogens with zero attached hydrogens (tertiary/aromatic N) is 2. The van der Waals surface area contributed by atoms with Gasteiger partial charge in [-0.1, -0.05) is 38.1 Å². The van der Waals surface area contributed by atoms with Gasteiger partial charge in [0.2, 0.25) is 6.41 Å². The predicted molar refractivity (Wildman–Crippen MR) is 103 cm³/mol. The number of ether oxygens (including phenoxy) is 1. The Morgan fingerprint density at radius 2 is 1.96 bits per heavy atom. The standard InChI is InChI=1S/C21H25N3O2/c1-3-16(2)17-8-10-18(11-9-17)26-13-12-24-20-7-5-4-6-19(20)23-21(24)14-22-15-25/h4-11,15-16H,3,12-14H2,1-2H3,(H,22,25)/t16-/m1/s1. The van der Waals surface area contributed by atoms with Crippen LogP contribution in [0.25, 0.3) is 11.0 Å². The number of imidazole rings is 1. The molecular weight excluding hydrogens is 326 g/mol. The smallest absolute Gasteiger partial charge is 0.207 e. The first-order valence-corrected chi connectivity index (χ1v) is 9.07. The lowest BCUT2D eigenvalue weighted by Gasteiger charge is -2.12. The molecule has 136 valence electrons. The van der Waals surface area contributed by atoms with Gasteiger partial charge in [0, 0.05) is 0 Å². The van der Waals surface area contributed by atoms with E-state index in [2.05, 4.69) is 40.8 Å². The second-order valence-corrected chi connectivity index (χ2v) is 6.39. The van der Waals surface area contributed by atoms with Gasteiger partial charge in [0.1, 0.15) is 18.2 Å². The van der Waals surface area contributed by atoms with Crippen molar-refractivity contribution in [1.82, 2.24) is 14.9 Å². The summed E-state index contributed by atoms with van der Waals surface area (Å²) in [5.74, 6) is 2.26. The lowest BCUT2D eigenvalue weighted by molar-refractivity contribution is -0.109. The van der Waals surface area contributed by atoms with E-state index in [9.17, 15) is 4.79 Å². The van der Waals surface area contributed by atoms with E-state index in [-0.39, 0.29) is 0 Å². The summed E-state index contributed by atoms with van der Waals surface area (Å²) >= 11 is 0. The quantitative estimate of drug-likeness (QED) is 0.595. The van der Waals surface area contributed by atoms with Crippen LogP contribution < -0.4 is 10.1 Å². The fraction of sp³-hybridized carbons (Fsp3) is 0.333. The molecule has 3 aromatic rings. The summed E-state index contributed by atoms with van der Waals surface area (Å²) < 4.78 is 8.01. The molecule has 0 aliphatic heterocycles. The molecule has 5 heteroatoms. The highest BCUT2D eigenvalue weighted by Gasteiger charge is 2.10. The summed E-state index contributed by atoms with van der Waals surface area (Å²) in [5, 5.41) is 2.69. The number of nitrogens with one attached hydrogen (secondary N) is 1. The van der Waals surface area contributed by atoms with Crippen molar-refractivity contribution >= 4 is 17.4 Å². The Morgan fingerprint density at radius 3 is 2.69 bits per heavy atom. The molecule has 0 fully saturated rings. The molecule has 2 aromatic carbocycles. The van der Waals surface area contributed by atoms with Crippen LogP contribution in [0.4, 0.5) is 0 Å². The fourth-order valence-corrected chi connectivity index (χ4v) is 3.03. The first kappa shape index (κ1) is 18.0. The van der Waals surface area contributed by atoms with Crippen molar-refractivity contribution in [3.05, 3.63) is 59.9 Å². The number of benzene rings is 2. The molecule has 1 atom stereocenters. The van der Waals surface area contributed by atoms with Gasteiger partial charge in [-0.05, 0) is 42.2 Å². The first-order chi connectivity index (χ1) is 12.7. The average molecular weight is 351 g/mol. The van der Waals surface area contributed by atoms with Gasteiger partial charge in [-0.2, -0.15) is 0 Å². The zero-order chi connectivity index (χ0) is 18.4. The molecule has 26 heavy (non-hydrogen) atoms. The number of carbonyl (C=O) groups excluding carboxylic acids is 1. The second kappa shape index (κ2) is 8.52. The summed E-state index contributed by atoms with van der Waals surface area (Å²) in [6.45, 7) is 6.04. The lowest BCUT2D eigenvalue weighted by atomic mass is 9.99. The molecule has 3 rings (SSSR count). The van der Waals surface area contributed by atoms with Crippen molar-refractivity contribution < 1.29 is 9.53 Å². The SMILES string of the molecule is CC[C@@H](C)c1ccc(OCCn2c(CNC=O)nc3ccccc32)cc1. The zero-order valence-corrected chi connectivity index (χ0v) is 15.3. The minimum absolute atomic E-state index is 0.405. The lowest BCUT2D eigenvalue weighted by Crippen LogP contribution is -2.17. The van der Waals surface area contributed by atoms with E-state index in [1.54, 1.807) is 0 Å². The maximum Gasteiger partial charge on any atom is 0.207 e. The molecule has 0 bridgehead atoms. The van der Waals surface area contributed by atoms with E-state index < -0.39 is 0 Å². The van der Waals surface area contributed by atoms with Crippen molar-refractivity contribution in [2.75, 3.05) is 6.61 Å². The Bertz CT molecular complexity index is 855. The van der Waals surface area contributed by atoms with Crippen LogP contribution in [0.1, 0.15) is 37.6 Å². The van der Waals surface area contributed by atoms with E-state index in [1.807, 2.05) is 36.4 Å². The molecule has 1 amide bonds. The summed E-state index contributed by atoms with van der Waals surface area (Å²) in [5.41, 5.74) is 3.31. The van der Waals surface area contributed by atoms with Crippen LogP contribution in [0.3, 0.4) is 0 Å². The minimum Gasteiger partial charge on any atom is -0.492 e. The van der Waals surface area contributed by atoms with Gasteiger partial charge in [0.25, 0.3) is 0 Å². The topological polar surface area (TPSA) is 56.1 Å². The van der Waals surface area contributed by atoms with Crippen LogP contribution >= 0.6 is 0 Å². The van der Waals surface area contributed by atoms with Gasteiger partial charge in [-0.25, -0.2) is 4.98 Å². The van der Waals surface area contributed by atoms with Crippen LogP contribution in [-0.4, -0.2) is 22.6 Å². The van der Waals surface area contributed by atoms with Crippen molar-refractivity contribution in [3.63, 3.8) is 0 Å². The first-order valence-electron chi connectivity index (χ1n) is 9.07. The van der Waals surface area contributed by atoms with Crippen LogP contribution in [-0.2, 0) is 17.9 Å². The number of hydrogen-bond donors (Lipinski definition) is 1. The Morgan fingerprint density at radius 1 is 1.19 bits per heavy atom. The molecule has 0 unspecified atom stereocenters. The van der Waals surface area contributed by atoms with E-state index in [0.717, 1.165) is 29.0 Å². The third kappa shape index (κ3) is 4.04. The summed E-state index contributed by atoms with van der Waals surface area (Å²) in [6.07, 6.45) is 1.82. The molecule has 0 radical (unpaired) electrons. The van der Waals surface area contributed by atoms with E-state index in [1.165, 1.54) is 5.56 Å². The Labute approximate surface area is 154 Å². The molecular formula is C21H25N3O2. The number of hydrogen-bond acceptors (Lipinski definition) is 3. The number of fused-ring (bicyclic) bond motifs is 1. The van der Waals surface area contributed by atoms with Crippen LogP contribution in [0.5, 0.6) is 5.75 Å². The number of para-hydroxylation sites is 2. The monoisotopic (exact) mass is 351 g/mol. The number of rotatable bonds is 9. The molecule has 1 aromatic heterocycles. The molecule has 0 spiro atoms. The van der Waals surface area contributed by atoms with Gasteiger partial charge in [0.05, 0.1) is 24.1 Å². The van der Waals surface area contributed by atoms with Crippen molar-refractivity contribution in [2.24, 2.45) is 0 Å². The number of carbonyl (C=O) groups is 1. The van der Waals surface area contributed by atoms with Gasteiger partial charge in [0.15, 0.2) is 0 Å². The van der Waals surface area contributed by atoms with Gasteiger partial charge in [-0.3, -0.25) is 4.79 Å². The predicted octanol–water partition coefficient (Wildman–Crippen LogP) is 3.87. The maximum atomic E-state index is 10.6. The van der Waals surface area contributed by atoms with Gasteiger partial charge >= 0.3 is 0 Å². The third-order valence-corrected chi connectivity index (χ3v) is 4.72. The van der Waals surface area contributed by atoms with Crippen molar-refractivity contribution in [1.29, 1.82) is 0 Å². The van der Waals surface area contributed by atoms with Crippen LogP contribution in [0, 0.1) is 0 Å². The summed E-state index contributed by atoms with van der Waals surface area (Å²) in [4.78, 5) is 15.2. The molecule has 5 nitrogen and oxygen atoms in total. The van der Waals surface area contributed by atoms with Crippen molar-refractivity contribution in [2.45, 2.75) is 39.3 Å². The third-order valence-electron chi connectivity index (χ3n) is 4.72. The number of amides is 1. The van der Waals surface area contributed by atoms with Gasteiger partial charge in [-0.15, -0.1) is 0 Å². The normalized spacial score (nSPS) is 12.1. The average Bonchev–Trinajstić information content (AvgIpc) is 3.04. The molecule has 0 aliphatic carbocycles. The Hall–Kier alpha value is -2.82. The van der Waals surface area contributed by atoms with Crippen molar-refractivity contribution in [3.8, 4) is 5.75 Å². The highest BCUT2D eigenvalue weighted by molar-refractivity contribution is 5.75. The zero-order valence-electron chi connectivity index (χ0n) is 15.3. The summed E-state index contributed by atoms with van der Waals surface area (Å²) in [7, 11) is 0. The van der Waals surface area contributed by atoms with Gasteiger partial charge < -0.3 is 14.6 Å². The van der Waals surface area contributed by atoms with Crippen LogP contribution in [0.2, 0.25) is 0 Å². The minimum atomic E-state index is 0.405. The number of aromatic nitrogens is 2. The maximum absolute atomic E-state index is 10.6. The Kier molecular flexibility index (Phi) is 5.89. The van der Waals surface area contributed by atoms with E-state index in [4.69, 9.17) is 4.74 Å².